The molecule has 0 rings (SSSR count). The SMILES string of the molecule is CC(C)C[C@H](NC(=O)OC(C)(C)C)C(=O)SSC(=O)[C@H](CC(C)C)NC(=O)OC(C)(C)C. The van der Waals surface area contributed by atoms with Gasteiger partial charge in [0.15, 0.2) is 0 Å². The Hall–Kier alpha value is -1.42. The maximum absolute atomic E-state index is 12.7. The predicted molar refractivity (Wildman–Crippen MR) is 130 cm³/mol. The van der Waals surface area contributed by atoms with Gasteiger partial charge in [-0.15, -0.1) is 0 Å². The molecule has 0 heterocycles. The molecule has 0 bridgehead atoms. The number of carbonyl (C=O) groups excluding carboxylic acids is 4. The van der Waals surface area contributed by atoms with Crippen LogP contribution in [0.15, 0.2) is 0 Å². The Labute approximate surface area is 200 Å². The molecule has 2 amide bonds. The lowest BCUT2D eigenvalue weighted by Gasteiger charge is -2.24. The largest absolute Gasteiger partial charge is 0.444 e. The molecule has 186 valence electrons. The van der Waals surface area contributed by atoms with Crippen molar-refractivity contribution in [1.29, 1.82) is 0 Å². The lowest BCUT2D eigenvalue weighted by atomic mass is 10.1. The summed E-state index contributed by atoms with van der Waals surface area (Å²) in [5.74, 6) is 0.283. The van der Waals surface area contributed by atoms with Gasteiger partial charge in [-0.3, -0.25) is 9.59 Å². The van der Waals surface area contributed by atoms with E-state index in [0.29, 0.717) is 12.8 Å². The fourth-order valence-corrected chi connectivity index (χ4v) is 4.37. The molecule has 0 spiro atoms. The second-order valence-electron chi connectivity index (χ2n) is 10.5. The maximum atomic E-state index is 12.7. The number of amides is 2. The van der Waals surface area contributed by atoms with Crippen LogP contribution in [0.25, 0.3) is 0 Å². The summed E-state index contributed by atoms with van der Waals surface area (Å²) in [6, 6.07) is -1.59. The van der Waals surface area contributed by atoms with E-state index >= 15 is 0 Å². The molecule has 0 aliphatic carbocycles. The van der Waals surface area contributed by atoms with Crippen LogP contribution in [0.1, 0.15) is 82.1 Å². The lowest BCUT2D eigenvalue weighted by molar-refractivity contribution is -0.114. The molecule has 2 atom stereocenters. The number of rotatable bonds is 8. The number of nitrogens with one attached hydrogen (secondary N) is 2. The summed E-state index contributed by atoms with van der Waals surface area (Å²) in [6.07, 6.45) is -0.549. The lowest BCUT2D eigenvalue weighted by Crippen LogP contribution is -2.44. The Morgan fingerprint density at radius 2 is 0.938 bits per heavy atom. The van der Waals surface area contributed by atoms with Gasteiger partial charge in [-0.2, -0.15) is 0 Å². The average molecular weight is 493 g/mol. The smallest absolute Gasteiger partial charge is 0.408 e. The van der Waals surface area contributed by atoms with Gasteiger partial charge in [0.2, 0.25) is 10.2 Å². The summed E-state index contributed by atoms with van der Waals surface area (Å²) in [4.78, 5) is 49.7. The summed E-state index contributed by atoms with van der Waals surface area (Å²) < 4.78 is 10.5. The number of hydrogen-bond donors (Lipinski definition) is 2. The van der Waals surface area contributed by atoms with Crippen LogP contribution in [0, 0.1) is 11.8 Å². The van der Waals surface area contributed by atoms with E-state index in [1.165, 1.54) is 0 Å². The van der Waals surface area contributed by atoms with Gasteiger partial charge in [-0.05, 0) is 87.8 Å². The van der Waals surface area contributed by atoms with Crippen LogP contribution in [0.4, 0.5) is 9.59 Å². The normalized spacial score (nSPS) is 14.0. The van der Waals surface area contributed by atoms with E-state index in [2.05, 4.69) is 10.6 Å². The molecule has 0 unspecified atom stereocenters. The van der Waals surface area contributed by atoms with Crippen molar-refractivity contribution in [3.05, 3.63) is 0 Å². The predicted octanol–water partition coefficient (Wildman–Crippen LogP) is 5.30. The van der Waals surface area contributed by atoms with E-state index < -0.39 is 35.5 Å². The molecule has 2 N–H and O–H groups in total. The van der Waals surface area contributed by atoms with Gasteiger partial charge in [0.1, 0.15) is 23.3 Å². The Morgan fingerprint density at radius 3 is 1.16 bits per heavy atom. The zero-order valence-corrected chi connectivity index (χ0v) is 22.6. The molecule has 0 radical (unpaired) electrons. The fraction of sp³-hybridized carbons (Fsp3) is 0.818. The molecule has 10 heteroatoms. The van der Waals surface area contributed by atoms with E-state index in [0.717, 1.165) is 21.6 Å². The molecule has 0 saturated carbocycles. The van der Waals surface area contributed by atoms with Gasteiger partial charge < -0.3 is 20.1 Å². The van der Waals surface area contributed by atoms with Gasteiger partial charge in [0, 0.05) is 0 Å². The number of hydrogen-bond acceptors (Lipinski definition) is 8. The Bertz CT molecular complexity index is 598. The first-order chi connectivity index (χ1) is 14.4. The van der Waals surface area contributed by atoms with Crippen LogP contribution in [0.5, 0.6) is 0 Å². The highest BCUT2D eigenvalue weighted by atomic mass is 33.1. The van der Waals surface area contributed by atoms with Crippen molar-refractivity contribution in [2.45, 2.75) is 105 Å². The molecule has 0 aliphatic rings. The van der Waals surface area contributed by atoms with Gasteiger partial charge in [-0.1, -0.05) is 27.7 Å². The Kier molecular flexibility index (Phi) is 12.7. The summed E-state index contributed by atoms with van der Waals surface area (Å²) >= 11 is 0. The number of alkyl carbamates (subject to hydrolysis) is 2. The van der Waals surface area contributed by atoms with E-state index in [1.807, 2.05) is 27.7 Å². The van der Waals surface area contributed by atoms with E-state index in [1.54, 1.807) is 41.5 Å². The molecule has 0 saturated heterocycles. The number of ether oxygens (including phenoxy) is 2. The zero-order valence-electron chi connectivity index (χ0n) is 21.0. The third-order valence-electron chi connectivity index (χ3n) is 3.57. The van der Waals surface area contributed by atoms with Crippen molar-refractivity contribution in [3.8, 4) is 0 Å². The van der Waals surface area contributed by atoms with Crippen molar-refractivity contribution in [2.24, 2.45) is 11.8 Å². The molecule has 0 aliphatic heterocycles. The fourth-order valence-electron chi connectivity index (χ4n) is 2.47. The zero-order chi connectivity index (χ0) is 25.3. The third-order valence-corrected chi connectivity index (χ3v) is 5.79. The van der Waals surface area contributed by atoms with Gasteiger partial charge in [0.05, 0.1) is 0 Å². The second-order valence-corrected chi connectivity index (χ2v) is 12.6. The highest BCUT2D eigenvalue weighted by Gasteiger charge is 2.29. The Morgan fingerprint density at radius 1 is 0.656 bits per heavy atom. The monoisotopic (exact) mass is 492 g/mol. The van der Waals surface area contributed by atoms with E-state index in [9.17, 15) is 19.2 Å². The first-order valence-corrected chi connectivity index (χ1v) is 13.0. The van der Waals surface area contributed by atoms with Crippen LogP contribution in [-0.4, -0.2) is 45.7 Å². The Balaban J connectivity index is 5.10. The first-order valence-electron chi connectivity index (χ1n) is 10.8. The van der Waals surface area contributed by atoms with Crippen molar-refractivity contribution in [2.75, 3.05) is 0 Å². The van der Waals surface area contributed by atoms with Crippen molar-refractivity contribution in [1.82, 2.24) is 10.6 Å². The van der Waals surface area contributed by atoms with Crippen molar-refractivity contribution in [3.63, 3.8) is 0 Å². The van der Waals surface area contributed by atoms with Crippen LogP contribution in [-0.2, 0) is 19.1 Å². The van der Waals surface area contributed by atoms with Crippen LogP contribution in [0.3, 0.4) is 0 Å². The van der Waals surface area contributed by atoms with Crippen LogP contribution < -0.4 is 10.6 Å². The van der Waals surface area contributed by atoms with E-state index in [4.69, 9.17) is 9.47 Å². The minimum absolute atomic E-state index is 0.141. The summed E-state index contributed by atoms with van der Waals surface area (Å²) in [5, 5.41) is 4.49. The molecule has 0 fully saturated rings. The second kappa shape index (κ2) is 13.3. The maximum Gasteiger partial charge on any atom is 0.408 e. The highest BCUT2D eigenvalue weighted by Crippen LogP contribution is 2.29. The molecule has 0 aromatic rings. The van der Waals surface area contributed by atoms with Crippen LogP contribution >= 0.6 is 21.6 Å². The summed E-state index contributed by atoms with van der Waals surface area (Å²) in [7, 11) is 1.51. The van der Waals surface area contributed by atoms with Crippen LogP contribution in [0.2, 0.25) is 0 Å². The van der Waals surface area contributed by atoms with Gasteiger partial charge in [-0.25, -0.2) is 9.59 Å². The third kappa shape index (κ3) is 15.4. The standard InChI is InChI=1S/C22H40N2O6S2/c1-13(2)11-15(23-19(27)29-21(5,6)7)17(25)31-32-18(26)16(12-14(3)4)24-20(28)30-22(8,9)10/h13-16H,11-12H2,1-10H3,(H,23,27)(H,24,28)/t15-,16-/m0/s1. The van der Waals surface area contributed by atoms with E-state index in [-0.39, 0.29) is 22.1 Å². The molecule has 0 aromatic carbocycles. The minimum atomic E-state index is -0.794. The molecule has 32 heavy (non-hydrogen) atoms. The molecule has 8 nitrogen and oxygen atoms in total. The summed E-state index contributed by atoms with van der Waals surface area (Å²) in [6.45, 7) is 18.2. The van der Waals surface area contributed by atoms with Crippen molar-refractivity contribution >= 4 is 44.0 Å². The quantitative estimate of drug-likeness (QED) is 0.439. The first kappa shape index (κ1) is 30.6. The molecule has 0 aromatic heterocycles. The minimum Gasteiger partial charge on any atom is -0.444 e. The topological polar surface area (TPSA) is 111 Å². The van der Waals surface area contributed by atoms with Gasteiger partial charge in [0.25, 0.3) is 0 Å². The van der Waals surface area contributed by atoms with Crippen molar-refractivity contribution < 1.29 is 28.7 Å². The molecular formula is C22H40N2O6S2. The summed E-state index contributed by atoms with van der Waals surface area (Å²) in [5.41, 5.74) is -1.38. The average Bonchev–Trinajstić information content (AvgIpc) is 2.53. The number of carbonyl (C=O) groups is 4. The highest BCUT2D eigenvalue weighted by molar-refractivity contribution is 8.87. The van der Waals surface area contributed by atoms with Gasteiger partial charge >= 0.3 is 12.2 Å². The molecular weight excluding hydrogens is 452 g/mol.